The molecule has 0 spiro atoms. The van der Waals surface area contributed by atoms with E-state index in [1.807, 2.05) is 0 Å². The van der Waals surface area contributed by atoms with Crippen molar-refractivity contribution in [2.24, 2.45) is 5.73 Å². The van der Waals surface area contributed by atoms with Gasteiger partial charge in [-0.3, -0.25) is 29.3 Å². The fraction of sp³-hybridized carbons (Fsp3) is 0.333. The van der Waals surface area contributed by atoms with Gasteiger partial charge in [-0.15, -0.1) is 0 Å². The van der Waals surface area contributed by atoms with Crippen LogP contribution in [0.25, 0.3) is 0 Å². The Morgan fingerprint density at radius 1 is 1.10 bits per heavy atom. The highest BCUT2D eigenvalue weighted by molar-refractivity contribution is 7.91. The van der Waals surface area contributed by atoms with E-state index in [1.165, 1.54) is 6.92 Å². The number of aliphatic hydroxyl groups excluding tert-OH is 1. The third-order valence-electron chi connectivity index (χ3n) is 6.06. The third-order valence-corrected chi connectivity index (χ3v) is 7.86. The number of non-ortho nitro benzene ring substituents is 1. The van der Waals surface area contributed by atoms with Crippen LogP contribution in [0.5, 0.6) is 0 Å². The number of nitrogens with one attached hydrogen (secondary N) is 3. The van der Waals surface area contributed by atoms with Crippen LogP contribution in [-0.4, -0.2) is 72.1 Å². The highest BCUT2D eigenvalue weighted by atomic mass is 32.2. The zero-order valence-electron chi connectivity index (χ0n) is 20.7. The van der Waals surface area contributed by atoms with Crippen molar-refractivity contribution >= 4 is 39.2 Å². The highest BCUT2D eigenvalue weighted by Crippen LogP contribution is 2.24. The number of benzene rings is 2. The molecule has 4 amide bonds. The molecular formula is C24H27N5O9S. The first-order valence-electron chi connectivity index (χ1n) is 11.7. The van der Waals surface area contributed by atoms with Crippen molar-refractivity contribution in [3.8, 4) is 0 Å². The minimum atomic E-state index is -4.37. The van der Waals surface area contributed by atoms with Gasteiger partial charge in [0.25, 0.3) is 11.6 Å². The summed E-state index contributed by atoms with van der Waals surface area (Å²) in [6, 6.07) is 6.51. The summed E-state index contributed by atoms with van der Waals surface area (Å²) in [7, 11) is -4.37. The molecule has 1 heterocycles. The Bertz CT molecular complexity index is 1400. The summed E-state index contributed by atoms with van der Waals surface area (Å²) in [5.41, 5.74) is 4.79. The summed E-state index contributed by atoms with van der Waals surface area (Å²) in [5.74, 6) is -4.84. The fourth-order valence-electron chi connectivity index (χ4n) is 3.97. The maximum absolute atomic E-state index is 13.2. The Labute approximate surface area is 223 Å². The second kappa shape index (κ2) is 12.0. The van der Waals surface area contributed by atoms with Crippen LogP contribution in [0.2, 0.25) is 0 Å². The number of nitro groups is 1. The van der Waals surface area contributed by atoms with E-state index in [0.717, 1.165) is 18.2 Å². The number of nitrogens with two attached hydrogens (primary N) is 1. The molecule has 1 aliphatic rings. The first-order valence-corrected chi connectivity index (χ1v) is 13.4. The average Bonchev–Trinajstić information content (AvgIpc) is 2.88. The Kier molecular flexibility index (Phi) is 8.98. The Hall–Kier alpha value is -4.37. The number of sulfone groups is 1. The van der Waals surface area contributed by atoms with Crippen molar-refractivity contribution in [2.45, 2.75) is 48.9 Å². The number of hydrogen-bond acceptors (Lipinski definition) is 9. The molecule has 1 aliphatic heterocycles. The molecule has 0 saturated heterocycles. The number of nitro benzene ring substituents is 1. The molecule has 0 aliphatic carbocycles. The summed E-state index contributed by atoms with van der Waals surface area (Å²) in [6.45, 7) is 1.17. The molecule has 3 rings (SSSR count). The van der Waals surface area contributed by atoms with E-state index in [9.17, 15) is 42.8 Å². The molecule has 2 aromatic carbocycles. The van der Waals surface area contributed by atoms with E-state index in [2.05, 4.69) is 16.0 Å². The van der Waals surface area contributed by atoms with Gasteiger partial charge in [0, 0.05) is 18.6 Å². The number of rotatable bonds is 5. The molecule has 1 unspecified atom stereocenters. The van der Waals surface area contributed by atoms with Gasteiger partial charge in [-0.1, -0.05) is 30.3 Å². The quantitative estimate of drug-likeness (QED) is 0.221. The zero-order valence-corrected chi connectivity index (χ0v) is 21.5. The molecule has 0 bridgehead atoms. The van der Waals surface area contributed by atoms with Gasteiger partial charge in [-0.25, -0.2) is 8.42 Å². The van der Waals surface area contributed by atoms with Crippen LogP contribution in [0.15, 0.2) is 53.4 Å². The second-order valence-electron chi connectivity index (χ2n) is 8.95. The van der Waals surface area contributed by atoms with Crippen LogP contribution in [0.3, 0.4) is 0 Å². The third kappa shape index (κ3) is 7.14. The molecule has 15 heteroatoms. The number of primary amides is 1. The maximum atomic E-state index is 13.2. The van der Waals surface area contributed by atoms with Gasteiger partial charge in [0.2, 0.25) is 17.7 Å². The lowest BCUT2D eigenvalue weighted by molar-refractivity contribution is -0.384. The lowest BCUT2D eigenvalue weighted by atomic mass is 10.0. The molecule has 208 valence electrons. The van der Waals surface area contributed by atoms with Gasteiger partial charge in [-0.05, 0) is 25.0 Å². The van der Waals surface area contributed by atoms with Gasteiger partial charge >= 0.3 is 0 Å². The number of amides is 4. The van der Waals surface area contributed by atoms with E-state index in [1.54, 1.807) is 30.3 Å². The molecule has 14 nitrogen and oxygen atoms in total. The summed E-state index contributed by atoms with van der Waals surface area (Å²) >= 11 is 0. The molecule has 0 radical (unpaired) electrons. The van der Waals surface area contributed by atoms with Gasteiger partial charge in [-0.2, -0.15) is 0 Å². The monoisotopic (exact) mass is 561 g/mol. The number of nitrogens with zero attached hydrogens (tertiary/aromatic N) is 1. The first kappa shape index (κ1) is 29.2. The van der Waals surface area contributed by atoms with Gasteiger partial charge in [0.1, 0.15) is 18.1 Å². The van der Waals surface area contributed by atoms with Crippen molar-refractivity contribution in [3.05, 3.63) is 69.8 Å². The van der Waals surface area contributed by atoms with E-state index in [-0.39, 0.29) is 6.42 Å². The molecular weight excluding hydrogens is 534 g/mol. The minimum absolute atomic E-state index is 0.0578. The molecule has 0 aromatic heterocycles. The SMILES string of the molecule is C[C@H](O)[C@@H]1NC(=O)c2cc([N+](=O)[O-])ccc2S(=O)(=O)CCC(C(N)=O)NC(=O)[C@H](Cc2ccccc2)NC1=O. The number of carbonyl (C=O) groups excluding carboxylic acids is 4. The smallest absolute Gasteiger partial charge is 0.270 e. The van der Waals surface area contributed by atoms with Gasteiger partial charge in [0.15, 0.2) is 9.84 Å². The van der Waals surface area contributed by atoms with E-state index in [4.69, 9.17) is 5.73 Å². The van der Waals surface area contributed by atoms with Gasteiger partial charge in [0.05, 0.1) is 27.2 Å². The molecule has 4 atom stereocenters. The summed E-state index contributed by atoms with van der Waals surface area (Å²) in [5, 5.41) is 28.6. The topological polar surface area (TPSA) is 228 Å². The largest absolute Gasteiger partial charge is 0.391 e. The highest BCUT2D eigenvalue weighted by Gasteiger charge is 2.35. The van der Waals surface area contributed by atoms with Crippen molar-refractivity contribution in [3.63, 3.8) is 0 Å². The lowest BCUT2D eigenvalue weighted by Gasteiger charge is -2.27. The van der Waals surface area contributed by atoms with Crippen LogP contribution < -0.4 is 21.7 Å². The summed E-state index contributed by atoms with van der Waals surface area (Å²) in [6.07, 6.45) is -2.07. The Balaban J connectivity index is 2.11. The molecule has 0 fully saturated rings. The number of fused-ring (bicyclic) bond motifs is 1. The number of aliphatic hydroxyl groups is 1. The van der Waals surface area contributed by atoms with Crippen molar-refractivity contribution in [1.82, 2.24) is 16.0 Å². The van der Waals surface area contributed by atoms with Crippen LogP contribution in [-0.2, 0) is 30.6 Å². The van der Waals surface area contributed by atoms with Crippen molar-refractivity contribution in [1.29, 1.82) is 0 Å². The minimum Gasteiger partial charge on any atom is -0.391 e. The Morgan fingerprint density at radius 3 is 2.36 bits per heavy atom. The maximum Gasteiger partial charge on any atom is 0.270 e. The molecule has 39 heavy (non-hydrogen) atoms. The predicted octanol–water partition coefficient (Wildman–Crippen LogP) is -1.05. The molecule has 0 saturated carbocycles. The van der Waals surface area contributed by atoms with Gasteiger partial charge < -0.3 is 26.8 Å². The normalized spacial score (nSPS) is 22.7. The Morgan fingerprint density at radius 2 is 1.77 bits per heavy atom. The summed E-state index contributed by atoms with van der Waals surface area (Å²) < 4.78 is 26.4. The number of hydrogen-bond donors (Lipinski definition) is 5. The average molecular weight is 562 g/mol. The fourth-order valence-corrected chi connectivity index (χ4v) is 5.49. The molecule has 2 aromatic rings. The zero-order chi connectivity index (χ0) is 28.9. The lowest BCUT2D eigenvalue weighted by Crippen LogP contribution is -2.59. The van der Waals surface area contributed by atoms with Crippen LogP contribution in [0, 0.1) is 10.1 Å². The van der Waals surface area contributed by atoms with Crippen LogP contribution >= 0.6 is 0 Å². The van der Waals surface area contributed by atoms with Crippen LogP contribution in [0.4, 0.5) is 5.69 Å². The van der Waals surface area contributed by atoms with E-state index >= 15 is 0 Å². The predicted molar refractivity (Wildman–Crippen MR) is 136 cm³/mol. The first-order chi connectivity index (χ1) is 18.3. The number of carbonyl (C=O) groups is 4. The van der Waals surface area contributed by atoms with Crippen molar-refractivity contribution < 1.29 is 37.6 Å². The van der Waals surface area contributed by atoms with E-state index < -0.39 is 90.9 Å². The van der Waals surface area contributed by atoms with E-state index in [0.29, 0.717) is 5.56 Å². The standard InChI is InChI=1S/C24H27N5O9S/c1-13(30)20-24(34)27-18(11-14-5-3-2-4-6-14)23(33)26-17(21(25)31)9-10-39(37,38)19-8-7-15(29(35)36)12-16(19)22(32)28-20/h2-8,12-13,17-18,20,30H,9-11H2,1H3,(H2,25,31)(H,26,33)(H,27,34)(H,28,32)/t13-,17?,18-,20-/m0/s1. The van der Waals surface area contributed by atoms with Crippen molar-refractivity contribution in [2.75, 3.05) is 5.75 Å². The second-order valence-corrected chi connectivity index (χ2v) is 11.0. The summed E-state index contributed by atoms with van der Waals surface area (Å²) in [4.78, 5) is 61.4. The molecule has 6 N–H and O–H groups in total. The van der Waals surface area contributed by atoms with Crippen LogP contribution in [0.1, 0.15) is 29.3 Å².